The normalized spacial score (nSPS) is 10.1. The SMILES string of the molecule is N#Cc1c(O)c2ncccc2n(Br)c1=O. The van der Waals surface area contributed by atoms with Crippen LogP contribution in [0.4, 0.5) is 0 Å². The van der Waals surface area contributed by atoms with Crippen LogP contribution in [0.25, 0.3) is 11.0 Å². The predicted molar refractivity (Wildman–Crippen MR) is 56.7 cm³/mol. The molecule has 0 aliphatic heterocycles. The Bertz CT molecular complexity index is 642. The summed E-state index contributed by atoms with van der Waals surface area (Å²) in [6.45, 7) is 0. The summed E-state index contributed by atoms with van der Waals surface area (Å²) in [6.07, 6.45) is 1.47. The van der Waals surface area contributed by atoms with Gasteiger partial charge in [0.25, 0.3) is 5.56 Å². The minimum absolute atomic E-state index is 0.213. The van der Waals surface area contributed by atoms with Crippen LogP contribution in [0.1, 0.15) is 5.56 Å². The Balaban J connectivity index is 3.12. The van der Waals surface area contributed by atoms with Crippen molar-refractivity contribution in [2.45, 2.75) is 0 Å². The van der Waals surface area contributed by atoms with Crippen LogP contribution in [0.5, 0.6) is 5.75 Å². The van der Waals surface area contributed by atoms with Crippen LogP contribution in [0.3, 0.4) is 0 Å². The highest BCUT2D eigenvalue weighted by Crippen LogP contribution is 2.23. The van der Waals surface area contributed by atoms with E-state index in [1.165, 1.54) is 6.20 Å². The summed E-state index contributed by atoms with van der Waals surface area (Å²) < 4.78 is 1.10. The van der Waals surface area contributed by atoms with Crippen molar-refractivity contribution in [3.8, 4) is 11.8 Å². The Kier molecular flexibility index (Phi) is 2.17. The van der Waals surface area contributed by atoms with E-state index in [9.17, 15) is 9.90 Å². The summed E-state index contributed by atoms with van der Waals surface area (Å²) in [5, 5.41) is 18.3. The lowest BCUT2D eigenvalue weighted by atomic mass is 10.2. The number of rotatable bonds is 0. The molecular weight excluding hydrogens is 262 g/mol. The molecule has 2 aromatic rings. The minimum atomic E-state index is -0.601. The van der Waals surface area contributed by atoms with Gasteiger partial charge in [0, 0.05) is 6.20 Å². The molecule has 2 aromatic heterocycles. The molecule has 6 heteroatoms. The molecule has 0 aliphatic carbocycles. The van der Waals surface area contributed by atoms with Gasteiger partial charge in [0.15, 0.2) is 11.3 Å². The number of pyridine rings is 2. The second-order valence-corrected chi connectivity index (χ2v) is 3.50. The molecule has 0 aliphatic rings. The summed E-state index contributed by atoms with van der Waals surface area (Å²) in [5.74, 6) is -0.381. The van der Waals surface area contributed by atoms with E-state index in [0.717, 1.165) is 3.59 Å². The lowest BCUT2D eigenvalue weighted by Crippen LogP contribution is -2.16. The third-order valence-corrected chi connectivity index (χ3v) is 2.67. The maximum atomic E-state index is 11.5. The van der Waals surface area contributed by atoms with Crippen LogP contribution < -0.4 is 5.56 Å². The highest BCUT2D eigenvalue weighted by atomic mass is 79.9. The largest absolute Gasteiger partial charge is 0.504 e. The number of aromatic hydroxyl groups is 1. The molecule has 1 N–H and O–H groups in total. The molecular formula is C9H4BrN3O2. The molecule has 0 radical (unpaired) electrons. The first-order chi connectivity index (χ1) is 7.16. The van der Waals surface area contributed by atoms with Gasteiger partial charge in [-0.2, -0.15) is 5.26 Å². The highest BCUT2D eigenvalue weighted by Gasteiger charge is 2.15. The molecule has 0 amide bonds. The summed E-state index contributed by atoms with van der Waals surface area (Å²) in [7, 11) is 0. The van der Waals surface area contributed by atoms with Gasteiger partial charge in [0.1, 0.15) is 11.6 Å². The van der Waals surface area contributed by atoms with Gasteiger partial charge in [-0.1, -0.05) is 0 Å². The molecule has 0 bridgehead atoms. The van der Waals surface area contributed by atoms with E-state index < -0.39 is 5.56 Å². The monoisotopic (exact) mass is 265 g/mol. The fraction of sp³-hybridized carbons (Fsp3) is 0. The Hall–Kier alpha value is -1.87. The van der Waals surface area contributed by atoms with Gasteiger partial charge in [-0.05, 0) is 12.1 Å². The predicted octanol–water partition coefficient (Wildman–Crippen LogP) is 1.13. The molecule has 2 rings (SSSR count). The van der Waals surface area contributed by atoms with Crippen molar-refractivity contribution in [1.29, 1.82) is 5.26 Å². The van der Waals surface area contributed by atoms with Crippen LogP contribution in [-0.4, -0.2) is 13.7 Å². The standard InChI is InChI=1S/C9H4BrN3O2/c10-13-6-2-1-3-12-7(6)8(14)5(4-11)9(13)15/h1-3,14H. The topological polar surface area (TPSA) is 78.9 Å². The molecule has 0 saturated heterocycles. The first-order valence-electron chi connectivity index (χ1n) is 3.95. The van der Waals surface area contributed by atoms with Crippen molar-refractivity contribution >= 4 is 27.2 Å². The van der Waals surface area contributed by atoms with Gasteiger partial charge < -0.3 is 5.11 Å². The van der Waals surface area contributed by atoms with Crippen molar-refractivity contribution < 1.29 is 5.11 Å². The van der Waals surface area contributed by atoms with Crippen LogP contribution in [0.15, 0.2) is 23.1 Å². The van der Waals surface area contributed by atoms with Gasteiger partial charge >= 0.3 is 0 Å². The van der Waals surface area contributed by atoms with Crippen molar-refractivity contribution in [3.63, 3.8) is 0 Å². The van der Waals surface area contributed by atoms with Crippen molar-refractivity contribution in [3.05, 3.63) is 34.2 Å². The maximum Gasteiger partial charge on any atom is 0.283 e. The zero-order valence-electron chi connectivity index (χ0n) is 7.31. The van der Waals surface area contributed by atoms with E-state index in [0.29, 0.717) is 5.52 Å². The highest BCUT2D eigenvalue weighted by molar-refractivity contribution is 9.08. The Morgan fingerprint density at radius 1 is 1.60 bits per heavy atom. The van der Waals surface area contributed by atoms with Gasteiger partial charge in [-0.25, -0.2) is 3.59 Å². The fourth-order valence-electron chi connectivity index (χ4n) is 1.27. The molecule has 0 unspecified atom stereocenters. The van der Waals surface area contributed by atoms with Gasteiger partial charge in [0.05, 0.1) is 21.7 Å². The zero-order chi connectivity index (χ0) is 11.0. The van der Waals surface area contributed by atoms with Gasteiger partial charge in [-0.15, -0.1) is 0 Å². The van der Waals surface area contributed by atoms with E-state index in [-0.39, 0.29) is 16.8 Å². The summed E-state index contributed by atoms with van der Waals surface area (Å²) in [6, 6.07) is 4.88. The smallest absolute Gasteiger partial charge is 0.283 e. The van der Waals surface area contributed by atoms with Gasteiger partial charge in [0.2, 0.25) is 0 Å². The summed E-state index contributed by atoms with van der Waals surface area (Å²) in [5.41, 5.74) is -0.293. The lowest BCUT2D eigenvalue weighted by molar-refractivity contribution is 0.477. The van der Waals surface area contributed by atoms with Crippen LogP contribution >= 0.6 is 16.1 Å². The quantitative estimate of drug-likeness (QED) is 0.775. The maximum absolute atomic E-state index is 11.5. The lowest BCUT2D eigenvalue weighted by Gasteiger charge is -2.04. The second kappa shape index (κ2) is 3.37. The van der Waals surface area contributed by atoms with Crippen LogP contribution in [0, 0.1) is 11.3 Å². The molecule has 0 aromatic carbocycles. The molecule has 0 atom stereocenters. The van der Waals surface area contributed by atoms with E-state index in [1.54, 1.807) is 18.2 Å². The number of aromatic nitrogens is 2. The second-order valence-electron chi connectivity index (χ2n) is 2.79. The molecule has 5 nitrogen and oxygen atoms in total. The molecule has 0 fully saturated rings. The van der Waals surface area contributed by atoms with Crippen molar-refractivity contribution in [2.24, 2.45) is 0 Å². The van der Waals surface area contributed by atoms with E-state index in [2.05, 4.69) is 21.1 Å². The number of hydrogen-bond acceptors (Lipinski definition) is 4. The van der Waals surface area contributed by atoms with Crippen molar-refractivity contribution in [2.75, 3.05) is 0 Å². The average molecular weight is 266 g/mol. The first-order valence-corrected chi connectivity index (χ1v) is 4.66. The van der Waals surface area contributed by atoms with Gasteiger partial charge in [-0.3, -0.25) is 9.78 Å². The third kappa shape index (κ3) is 1.28. The summed E-state index contributed by atoms with van der Waals surface area (Å²) >= 11 is 3.01. The number of fused-ring (bicyclic) bond motifs is 1. The Labute approximate surface area is 92.6 Å². The number of halogens is 1. The Morgan fingerprint density at radius 2 is 2.33 bits per heavy atom. The average Bonchev–Trinajstić information content (AvgIpc) is 2.27. The number of hydrogen-bond donors (Lipinski definition) is 1. The zero-order valence-corrected chi connectivity index (χ0v) is 8.89. The summed E-state index contributed by atoms with van der Waals surface area (Å²) in [4.78, 5) is 15.4. The number of nitrogens with zero attached hydrogens (tertiary/aromatic N) is 3. The minimum Gasteiger partial charge on any atom is -0.504 e. The van der Waals surface area contributed by atoms with E-state index in [4.69, 9.17) is 5.26 Å². The molecule has 2 heterocycles. The Morgan fingerprint density at radius 3 is 3.00 bits per heavy atom. The molecule has 74 valence electrons. The third-order valence-electron chi connectivity index (χ3n) is 1.96. The first kappa shape index (κ1) is 9.68. The molecule has 0 saturated carbocycles. The van der Waals surface area contributed by atoms with Crippen molar-refractivity contribution in [1.82, 2.24) is 8.58 Å². The number of nitriles is 1. The van der Waals surface area contributed by atoms with E-state index >= 15 is 0 Å². The van der Waals surface area contributed by atoms with E-state index in [1.807, 2.05) is 0 Å². The van der Waals surface area contributed by atoms with Crippen LogP contribution in [-0.2, 0) is 0 Å². The molecule has 0 spiro atoms. The molecule has 15 heavy (non-hydrogen) atoms. The fourth-order valence-corrected chi connectivity index (χ4v) is 1.73. The van der Waals surface area contributed by atoms with Crippen LogP contribution in [0.2, 0.25) is 0 Å².